The average molecular weight is 317 g/mol. The third kappa shape index (κ3) is 8.44. The predicted molar refractivity (Wildman–Crippen MR) is 97.6 cm³/mol. The molecule has 3 nitrogen and oxygen atoms in total. The highest BCUT2D eigenvalue weighted by molar-refractivity contribution is 5.94. The van der Waals surface area contributed by atoms with Gasteiger partial charge in [-0.25, -0.2) is 0 Å². The van der Waals surface area contributed by atoms with Gasteiger partial charge in [0, 0.05) is 12.6 Å². The van der Waals surface area contributed by atoms with Crippen molar-refractivity contribution in [3.63, 3.8) is 0 Å². The molecule has 0 aromatic heterocycles. The Bertz CT molecular complexity index is 477. The summed E-state index contributed by atoms with van der Waals surface area (Å²) in [5, 5.41) is 2.97. The molecule has 128 valence electrons. The Morgan fingerprint density at radius 1 is 1.04 bits per heavy atom. The van der Waals surface area contributed by atoms with Crippen LogP contribution in [0.2, 0.25) is 0 Å². The summed E-state index contributed by atoms with van der Waals surface area (Å²) in [7, 11) is 1.65. The summed E-state index contributed by atoms with van der Waals surface area (Å²) >= 11 is 0. The quantitative estimate of drug-likeness (QED) is 0.462. The van der Waals surface area contributed by atoms with Gasteiger partial charge < -0.3 is 10.1 Å². The van der Waals surface area contributed by atoms with Crippen LogP contribution in [0.4, 0.5) is 0 Å². The van der Waals surface area contributed by atoms with E-state index in [0.29, 0.717) is 0 Å². The summed E-state index contributed by atoms with van der Waals surface area (Å²) < 4.78 is 5.14. The van der Waals surface area contributed by atoms with E-state index in [1.54, 1.807) is 13.2 Å². The molecule has 1 N–H and O–H groups in total. The van der Waals surface area contributed by atoms with E-state index in [9.17, 15) is 4.79 Å². The molecule has 0 spiro atoms. The van der Waals surface area contributed by atoms with Crippen molar-refractivity contribution in [2.75, 3.05) is 13.7 Å². The van der Waals surface area contributed by atoms with Crippen LogP contribution >= 0.6 is 0 Å². The molecule has 1 amide bonds. The number of unbranched alkanes of at least 4 members (excludes halogenated alkanes) is 6. The Morgan fingerprint density at radius 3 is 2.26 bits per heavy atom. The number of ether oxygens (including phenoxy) is 1. The lowest BCUT2D eigenvalue weighted by molar-refractivity contribution is -0.116. The molecule has 0 heterocycles. The molecule has 0 aliphatic carbocycles. The van der Waals surface area contributed by atoms with Crippen LogP contribution in [0.15, 0.2) is 30.3 Å². The number of amides is 1. The van der Waals surface area contributed by atoms with Gasteiger partial charge >= 0.3 is 0 Å². The molecule has 0 saturated carbocycles. The van der Waals surface area contributed by atoms with Crippen LogP contribution in [-0.2, 0) is 4.79 Å². The third-order valence-electron chi connectivity index (χ3n) is 3.97. The van der Waals surface area contributed by atoms with Gasteiger partial charge in [0.05, 0.1) is 7.11 Å². The maximum absolute atomic E-state index is 11.9. The van der Waals surface area contributed by atoms with Gasteiger partial charge in [-0.15, -0.1) is 0 Å². The van der Waals surface area contributed by atoms with Crippen molar-refractivity contribution < 1.29 is 9.53 Å². The van der Waals surface area contributed by atoms with E-state index in [1.165, 1.54) is 38.5 Å². The van der Waals surface area contributed by atoms with Crippen LogP contribution in [0, 0.1) is 0 Å². The van der Waals surface area contributed by atoms with E-state index in [4.69, 9.17) is 4.74 Å². The Kier molecular flexibility index (Phi) is 9.85. The fraction of sp³-hybridized carbons (Fsp3) is 0.550. The predicted octanol–water partition coefficient (Wildman–Crippen LogP) is 4.97. The molecule has 0 bridgehead atoms. The van der Waals surface area contributed by atoms with Crippen LogP contribution < -0.4 is 10.1 Å². The molecule has 1 rings (SSSR count). The minimum atomic E-state index is -0.00991. The van der Waals surface area contributed by atoms with E-state index in [2.05, 4.69) is 12.2 Å². The Hall–Kier alpha value is -1.77. The van der Waals surface area contributed by atoms with Crippen molar-refractivity contribution >= 4 is 11.5 Å². The second-order valence-corrected chi connectivity index (χ2v) is 5.97. The van der Waals surface area contributed by atoms with Gasteiger partial charge in [0.15, 0.2) is 0 Å². The number of rotatable bonds is 11. The van der Waals surface area contributed by atoms with E-state index in [1.807, 2.05) is 31.2 Å². The Balaban J connectivity index is 2.23. The topological polar surface area (TPSA) is 38.3 Å². The third-order valence-corrected chi connectivity index (χ3v) is 3.97. The minimum Gasteiger partial charge on any atom is -0.497 e. The first kappa shape index (κ1) is 19.3. The molecule has 0 radical (unpaired) electrons. The van der Waals surface area contributed by atoms with Gasteiger partial charge in [-0.05, 0) is 36.6 Å². The van der Waals surface area contributed by atoms with Crippen LogP contribution in [0.1, 0.15) is 64.4 Å². The largest absolute Gasteiger partial charge is 0.497 e. The first-order valence-electron chi connectivity index (χ1n) is 8.78. The lowest BCUT2D eigenvalue weighted by Gasteiger charge is -2.05. The molecule has 0 aliphatic rings. The van der Waals surface area contributed by atoms with Gasteiger partial charge in [0.2, 0.25) is 5.91 Å². The molecule has 0 atom stereocenters. The van der Waals surface area contributed by atoms with Crippen LogP contribution in [-0.4, -0.2) is 19.6 Å². The van der Waals surface area contributed by atoms with Gasteiger partial charge in [0.25, 0.3) is 0 Å². The fourth-order valence-electron chi connectivity index (χ4n) is 2.48. The highest BCUT2D eigenvalue weighted by atomic mass is 16.5. The summed E-state index contributed by atoms with van der Waals surface area (Å²) in [5.74, 6) is 0.814. The summed E-state index contributed by atoms with van der Waals surface area (Å²) in [4.78, 5) is 11.9. The van der Waals surface area contributed by atoms with E-state index >= 15 is 0 Å². The number of nitrogens with one attached hydrogen (secondary N) is 1. The highest BCUT2D eigenvalue weighted by Crippen LogP contribution is 2.17. The number of carbonyl (C=O) groups is 1. The number of benzene rings is 1. The molecule has 0 unspecified atom stereocenters. The molecule has 1 aromatic rings. The zero-order valence-electron chi connectivity index (χ0n) is 14.9. The number of hydrogen-bond donors (Lipinski definition) is 1. The van der Waals surface area contributed by atoms with Gasteiger partial charge in [-0.2, -0.15) is 0 Å². The average Bonchev–Trinajstić information content (AvgIpc) is 2.57. The van der Waals surface area contributed by atoms with E-state index in [0.717, 1.165) is 29.9 Å². The van der Waals surface area contributed by atoms with Gasteiger partial charge in [-0.3, -0.25) is 4.79 Å². The lowest BCUT2D eigenvalue weighted by Crippen LogP contribution is -2.22. The molecule has 0 fully saturated rings. The van der Waals surface area contributed by atoms with Gasteiger partial charge in [0.1, 0.15) is 5.75 Å². The smallest absolute Gasteiger partial charge is 0.244 e. The molecule has 3 heteroatoms. The number of methoxy groups -OCH3 is 1. The Morgan fingerprint density at radius 2 is 1.65 bits per heavy atom. The SMILES string of the molecule is CCCCCCCCCNC(=O)C=C(C)c1ccc(OC)cc1. The summed E-state index contributed by atoms with van der Waals surface area (Å²) in [6, 6.07) is 7.74. The number of carbonyl (C=O) groups excluding carboxylic acids is 1. The fourth-order valence-corrected chi connectivity index (χ4v) is 2.48. The lowest BCUT2D eigenvalue weighted by atomic mass is 10.1. The zero-order chi connectivity index (χ0) is 16.9. The Labute approximate surface area is 141 Å². The summed E-state index contributed by atoms with van der Waals surface area (Å²) in [5.41, 5.74) is 2.00. The van der Waals surface area contributed by atoms with E-state index in [-0.39, 0.29) is 5.91 Å². The van der Waals surface area contributed by atoms with Crippen LogP contribution in [0.25, 0.3) is 5.57 Å². The highest BCUT2D eigenvalue weighted by Gasteiger charge is 2.01. The normalized spacial score (nSPS) is 11.3. The second-order valence-electron chi connectivity index (χ2n) is 5.97. The van der Waals surface area contributed by atoms with Gasteiger partial charge in [-0.1, -0.05) is 57.6 Å². The van der Waals surface area contributed by atoms with Crippen LogP contribution in [0.3, 0.4) is 0 Å². The monoisotopic (exact) mass is 317 g/mol. The summed E-state index contributed by atoms with van der Waals surface area (Å²) in [6.45, 7) is 4.95. The minimum absolute atomic E-state index is 0.00991. The first-order chi connectivity index (χ1) is 11.2. The maximum atomic E-state index is 11.9. The van der Waals surface area contributed by atoms with Crippen molar-refractivity contribution in [1.29, 1.82) is 0 Å². The maximum Gasteiger partial charge on any atom is 0.244 e. The first-order valence-corrected chi connectivity index (χ1v) is 8.78. The van der Waals surface area contributed by atoms with Crippen LogP contribution in [0.5, 0.6) is 5.75 Å². The van der Waals surface area contributed by atoms with Crippen molar-refractivity contribution in [2.45, 2.75) is 58.8 Å². The molecule has 23 heavy (non-hydrogen) atoms. The standard InChI is InChI=1S/C20H31NO2/c1-4-5-6-7-8-9-10-15-21-20(22)16-17(2)18-11-13-19(23-3)14-12-18/h11-14,16H,4-10,15H2,1-3H3,(H,21,22). The van der Waals surface area contributed by atoms with Crippen molar-refractivity contribution in [2.24, 2.45) is 0 Å². The number of allylic oxidation sites excluding steroid dienone is 1. The molecule has 1 aromatic carbocycles. The molecular formula is C20H31NO2. The zero-order valence-corrected chi connectivity index (χ0v) is 14.9. The molecule has 0 aliphatic heterocycles. The van der Waals surface area contributed by atoms with Crippen molar-refractivity contribution in [3.05, 3.63) is 35.9 Å². The molecular weight excluding hydrogens is 286 g/mol. The molecule has 0 saturated heterocycles. The number of hydrogen-bond acceptors (Lipinski definition) is 2. The summed E-state index contributed by atoms with van der Waals surface area (Å²) in [6.07, 6.45) is 10.5. The second kappa shape index (κ2) is 11.8. The van der Waals surface area contributed by atoms with E-state index < -0.39 is 0 Å². The van der Waals surface area contributed by atoms with Crippen molar-refractivity contribution in [3.8, 4) is 5.75 Å². The van der Waals surface area contributed by atoms with Crippen molar-refractivity contribution in [1.82, 2.24) is 5.32 Å².